The van der Waals surface area contributed by atoms with Gasteiger partial charge in [0.2, 0.25) is 0 Å². The maximum absolute atomic E-state index is 6.38. The molecule has 0 aliphatic heterocycles. The molecule has 0 fully saturated rings. The third kappa shape index (κ3) is 4.59. The van der Waals surface area contributed by atoms with Gasteiger partial charge in [0.1, 0.15) is 22.3 Å². The Morgan fingerprint density at radius 3 is 1.78 bits per heavy atom. The van der Waals surface area contributed by atoms with E-state index in [1.807, 2.05) is 12.1 Å². The van der Waals surface area contributed by atoms with Crippen LogP contribution in [0.15, 0.2) is 185 Å². The summed E-state index contributed by atoms with van der Waals surface area (Å²) in [5.41, 5.74) is 11.3. The molecule has 10 rings (SSSR count). The van der Waals surface area contributed by atoms with Crippen molar-refractivity contribution < 1.29 is 8.83 Å². The molecule has 2 heterocycles. The smallest absolute Gasteiger partial charge is 0.137 e. The maximum atomic E-state index is 6.38. The fourth-order valence-corrected chi connectivity index (χ4v) is 7.26. The average molecular weight is 628 g/mol. The fourth-order valence-electron chi connectivity index (χ4n) is 7.26. The fraction of sp³-hybridized carbons (Fsp3) is 0. The van der Waals surface area contributed by atoms with Crippen LogP contribution in [0, 0.1) is 0 Å². The molecule has 8 aromatic carbocycles. The first-order valence-corrected chi connectivity index (χ1v) is 16.6. The Hall–Kier alpha value is -6.58. The number of benzene rings is 8. The van der Waals surface area contributed by atoms with E-state index in [4.69, 9.17) is 8.83 Å². The van der Waals surface area contributed by atoms with Crippen molar-refractivity contribution in [1.82, 2.24) is 0 Å². The number of anilines is 3. The Labute approximate surface area is 282 Å². The van der Waals surface area contributed by atoms with Crippen molar-refractivity contribution in [3.63, 3.8) is 0 Å². The molecule has 3 heteroatoms. The highest BCUT2D eigenvalue weighted by atomic mass is 16.3. The van der Waals surface area contributed by atoms with E-state index in [1.165, 1.54) is 21.9 Å². The van der Waals surface area contributed by atoms with Crippen LogP contribution in [0.25, 0.3) is 76.9 Å². The number of para-hydroxylation sites is 2. The molecule has 0 unspecified atom stereocenters. The molecule has 2 aromatic heterocycles. The summed E-state index contributed by atoms with van der Waals surface area (Å²) in [6.45, 7) is 0. The molecular weight excluding hydrogens is 599 g/mol. The van der Waals surface area contributed by atoms with E-state index in [2.05, 4.69) is 169 Å². The van der Waals surface area contributed by atoms with Gasteiger partial charge in [-0.1, -0.05) is 109 Å². The molecule has 0 atom stereocenters. The SMILES string of the molecule is c1ccc(-c2ccc(N(c3ccc4c(c3)oc3ccccc34)c3ccccc3-c3ccc4oc5cc6ccccc6cc5c4c3)cc2)cc1. The first kappa shape index (κ1) is 27.5. The second-order valence-electron chi connectivity index (χ2n) is 12.6. The highest BCUT2D eigenvalue weighted by Crippen LogP contribution is 2.44. The van der Waals surface area contributed by atoms with Crippen LogP contribution in [0.1, 0.15) is 0 Å². The zero-order chi connectivity index (χ0) is 32.3. The van der Waals surface area contributed by atoms with Crippen molar-refractivity contribution in [1.29, 1.82) is 0 Å². The third-order valence-corrected chi connectivity index (χ3v) is 9.65. The maximum Gasteiger partial charge on any atom is 0.137 e. The normalized spacial score (nSPS) is 11.7. The predicted molar refractivity (Wildman–Crippen MR) is 204 cm³/mol. The zero-order valence-corrected chi connectivity index (χ0v) is 26.5. The van der Waals surface area contributed by atoms with E-state index in [0.29, 0.717) is 0 Å². The van der Waals surface area contributed by atoms with Gasteiger partial charge in [0.25, 0.3) is 0 Å². The monoisotopic (exact) mass is 627 g/mol. The first-order chi connectivity index (χ1) is 24.3. The minimum atomic E-state index is 0.862. The van der Waals surface area contributed by atoms with Crippen molar-refractivity contribution in [2.24, 2.45) is 0 Å². The van der Waals surface area contributed by atoms with Crippen molar-refractivity contribution in [2.45, 2.75) is 0 Å². The molecule has 0 saturated carbocycles. The van der Waals surface area contributed by atoms with Crippen LogP contribution in [0.4, 0.5) is 17.1 Å². The Morgan fingerprint density at radius 1 is 0.327 bits per heavy atom. The Morgan fingerprint density at radius 2 is 0.918 bits per heavy atom. The van der Waals surface area contributed by atoms with Crippen LogP contribution in [-0.2, 0) is 0 Å². The number of nitrogens with zero attached hydrogens (tertiary/aromatic N) is 1. The van der Waals surface area contributed by atoms with Crippen molar-refractivity contribution in [2.75, 3.05) is 4.90 Å². The summed E-state index contributed by atoms with van der Waals surface area (Å²) in [4.78, 5) is 2.34. The lowest BCUT2D eigenvalue weighted by Gasteiger charge is -2.28. The van der Waals surface area contributed by atoms with Crippen LogP contribution >= 0.6 is 0 Å². The molecule has 0 N–H and O–H groups in total. The minimum absolute atomic E-state index is 0.862. The van der Waals surface area contributed by atoms with Gasteiger partial charge in [-0.3, -0.25) is 0 Å². The van der Waals surface area contributed by atoms with Crippen molar-refractivity contribution >= 4 is 71.7 Å². The summed E-state index contributed by atoms with van der Waals surface area (Å²) in [6, 6.07) is 62.1. The van der Waals surface area contributed by atoms with Crippen LogP contribution < -0.4 is 4.90 Å². The molecule has 0 aliphatic rings. The van der Waals surface area contributed by atoms with E-state index in [9.17, 15) is 0 Å². The van der Waals surface area contributed by atoms with Crippen LogP contribution in [-0.4, -0.2) is 0 Å². The molecule has 0 bridgehead atoms. The highest BCUT2D eigenvalue weighted by Gasteiger charge is 2.20. The lowest BCUT2D eigenvalue weighted by Crippen LogP contribution is -2.11. The number of furan rings is 2. The quantitative estimate of drug-likeness (QED) is 0.190. The summed E-state index contributed by atoms with van der Waals surface area (Å²) < 4.78 is 12.7. The van der Waals surface area contributed by atoms with E-state index < -0.39 is 0 Å². The van der Waals surface area contributed by atoms with Gasteiger partial charge in [-0.2, -0.15) is 0 Å². The zero-order valence-electron chi connectivity index (χ0n) is 26.5. The van der Waals surface area contributed by atoms with Gasteiger partial charge in [-0.15, -0.1) is 0 Å². The summed E-state index contributed by atoms with van der Waals surface area (Å²) in [6.07, 6.45) is 0. The van der Waals surface area contributed by atoms with Gasteiger partial charge in [-0.25, -0.2) is 0 Å². The predicted octanol–water partition coefficient (Wildman–Crippen LogP) is 13.4. The topological polar surface area (TPSA) is 29.5 Å². The molecule has 0 spiro atoms. The van der Waals surface area contributed by atoms with Gasteiger partial charge < -0.3 is 13.7 Å². The lowest BCUT2D eigenvalue weighted by molar-refractivity contribution is 0.669. The van der Waals surface area contributed by atoms with Gasteiger partial charge >= 0.3 is 0 Å². The second-order valence-corrected chi connectivity index (χ2v) is 12.6. The van der Waals surface area contributed by atoms with Gasteiger partial charge in [0.05, 0.1) is 5.69 Å². The molecular formula is C46H29NO2. The Balaban J connectivity index is 1.16. The molecule has 3 nitrogen and oxygen atoms in total. The van der Waals surface area contributed by atoms with E-state index in [0.717, 1.165) is 72.1 Å². The summed E-state index contributed by atoms with van der Waals surface area (Å²) in [7, 11) is 0. The number of fused-ring (bicyclic) bond motifs is 7. The molecule has 0 radical (unpaired) electrons. The summed E-state index contributed by atoms with van der Waals surface area (Å²) in [5.74, 6) is 0. The van der Waals surface area contributed by atoms with Crippen LogP contribution in [0.2, 0.25) is 0 Å². The van der Waals surface area contributed by atoms with Crippen molar-refractivity contribution in [3.8, 4) is 22.3 Å². The number of hydrogen-bond acceptors (Lipinski definition) is 3. The molecule has 0 saturated heterocycles. The molecule has 49 heavy (non-hydrogen) atoms. The second kappa shape index (κ2) is 11.0. The standard InChI is InChI=1S/C46H29NO2/c1-2-10-30(11-3-1)31-18-21-35(22-19-31)47(36-23-24-39-38-15-7-9-17-43(38)48-46(39)29-36)42-16-8-6-14-37(42)34-20-25-44-40(27-34)41-26-32-12-4-5-13-33(32)28-45(41)49-44/h1-29H. The van der Waals surface area contributed by atoms with Gasteiger partial charge in [-0.05, 0) is 88.1 Å². The van der Waals surface area contributed by atoms with Crippen molar-refractivity contribution in [3.05, 3.63) is 176 Å². The molecule has 10 aromatic rings. The molecule has 0 aliphatic carbocycles. The molecule has 0 amide bonds. The van der Waals surface area contributed by atoms with Crippen LogP contribution in [0.5, 0.6) is 0 Å². The first-order valence-electron chi connectivity index (χ1n) is 16.6. The van der Waals surface area contributed by atoms with Crippen LogP contribution in [0.3, 0.4) is 0 Å². The van der Waals surface area contributed by atoms with E-state index >= 15 is 0 Å². The lowest BCUT2D eigenvalue weighted by atomic mass is 9.98. The third-order valence-electron chi connectivity index (χ3n) is 9.65. The highest BCUT2D eigenvalue weighted by molar-refractivity contribution is 6.11. The Bertz CT molecular complexity index is 2830. The summed E-state index contributed by atoms with van der Waals surface area (Å²) in [5, 5.41) is 6.84. The molecule has 230 valence electrons. The largest absolute Gasteiger partial charge is 0.456 e. The summed E-state index contributed by atoms with van der Waals surface area (Å²) >= 11 is 0. The minimum Gasteiger partial charge on any atom is -0.456 e. The Kier molecular flexibility index (Phi) is 6.18. The average Bonchev–Trinajstić information content (AvgIpc) is 3.72. The van der Waals surface area contributed by atoms with E-state index in [1.54, 1.807) is 0 Å². The number of rotatable bonds is 5. The van der Waals surface area contributed by atoms with Gasteiger partial charge in [0, 0.05) is 44.5 Å². The number of hydrogen-bond donors (Lipinski definition) is 0. The van der Waals surface area contributed by atoms with E-state index in [-0.39, 0.29) is 0 Å². The van der Waals surface area contributed by atoms with Gasteiger partial charge in [0.15, 0.2) is 0 Å².